The molecule has 1 N–H and O–H groups in total. The predicted octanol–water partition coefficient (Wildman–Crippen LogP) is 2.10. The van der Waals surface area contributed by atoms with Crippen molar-refractivity contribution in [1.82, 2.24) is 40.5 Å². The molecule has 1 atom stereocenters. The normalized spacial score (nSPS) is 16.4. The van der Waals surface area contributed by atoms with Crippen LogP contribution in [-0.2, 0) is 43.4 Å². The number of rotatable bonds is 6. The molecule has 1 unspecified atom stereocenters. The fourth-order valence-corrected chi connectivity index (χ4v) is 4.93. The highest BCUT2D eigenvalue weighted by molar-refractivity contribution is 5.78. The molecule has 0 saturated carbocycles. The predicted molar refractivity (Wildman–Crippen MR) is 128 cm³/mol. The quantitative estimate of drug-likeness (QED) is 0.416. The molecule has 3 aromatic heterocycles. The van der Waals surface area contributed by atoms with Crippen LogP contribution >= 0.6 is 0 Å². The highest BCUT2D eigenvalue weighted by Gasteiger charge is 2.25. The monoisotopic (exact) mass is 480 g/mol. The molecule has 4 aromatic rings. The molecule has 10 nitrogen and oxygen atoms in total. The van der Waals surface area contributed by atoms with Gasteiger partial charge in [-0.1, -0.05) is 12.0 Å². The van der Waals surface area contributed by atoms with Crippen LogP contribution in [0.15, 0.2) is 35.0 Å². The Morgan fingerprint density at radius 2 is 1.97 bits per heavy atom. The van der Waals surface area contributed by atoms with Gasteiger partial charge < -0.3 is 9.32 Å². The molecule has 0 spiro atoms. The van der Waals surface area contributed by atoms with E-state index in [1.165, 1.54) is 11.1 Å². The number of aryl methyl sites for hydroxylation is 1. The Hall–Kier alpha value is -4.39. The molecule has 36 heavy (non-hydrogen) atoms. The van der Waals surface area contributed by atoms with Crippen molar-refractivity contribution in [2.45, 2.75) is 45.1 Å². The number of fused-ring (bicyclic) bond motifs is 2. The highest BCUT2D eigenvalue weighted by Crippen LogP contribution is 2.30. The van der Waals surface area contributed by atoms with Crippen molar-refractivity contribution >= 4 is 5.91 Å². The van der Waals surface area contributed by atoms with Gasteiger partial charge in [0, 0.05) is 37.3 Å². The van der Waals surface area contributed by atoms with Gasteiger partial charge in [0.05, 0.1) is 17.8 Å². The summed E-state index contributed by atoms with van der Waals surface area (Å²) >= 11 is 0. The van der Waals surface area contributed by atoms with Gasteiger partial charge in [0.2, 0.25) is 11.8 Å². The number of nitrogens with one attached hydrogen (secondary N) is 1. The fourth-order valence-electron chi connectivity index (χ4n) is 4.93. The summed E-state index contributed by atoms with van der Waals surface area (Å²) < 4.78 is 5.72. The number of carbonyl (C=O) groups is 1. The van der Waals surface area contributed by atoms with Gasteiger partial charge in [-0.2, -0.15) is 15.4 Å². The summed E-state index contributed by atoms with van der Waals surface area (Å²) in [5.74, 6) is 4.55. The lowest BCUT2D eigenvalue weighted by atomic mass is 10.00. The van der Waals surface area contributed by atoms with Gasteiger partial charge in [-0.25, -0.2) is 9.97 Å². The van der Waals surface area contributed by atoms with E-state index in [1.807, 2.05) is 6.07 Å². The smallest absolute Gasteiger partial charge is 0.250 e. The van der Waals surface area contributed by atoms with Crippen LogP contribution in [0, 0.1) is 18.3 Å². The zero-order valence-corrected chi connectivity index (χ0v) is 19.6. The first-order valence-electron chi connectivity index (χ1n) is 12.0. The molecule has 1 aromatic carbocycles. The number of carbonyl (C=O) groups excluding carboxylic acids is 1. The van der Waals surface area contributed by atoms with Crippen LogP contribution in [0.1, 0.15) is 46.2 Å². The van der Waals surface area contributed by atoms with Crippen molar-refractivity contribution in [3.63, 3.8) is 0 Å². The number of nitrogens with zero attached hydrogens (tertiary/aromatic N) is 7. The lowest BCUT2D eigenvalue weighted by Crippen LogP contribution is -2.37. The molecule has 0 fully saturated rings. The molecule has 1 amide bonds. The standard InChI is InChI=1S/C26H24N8O2/c1-2-16-3-5-18-10-17(11-19(18)9-16)4-6-23-27-13-20(14-28-23)26-32-31-24(36-26)12-25(35)34-8-7-21-22(15-34)30-33-29-21/h1,3,5,9,13-14,17H,4,6-8,10-12,15H2,(H,29,30,33). The van der Waals surface area contributed by atoms with Crippen LogP contribution in [-0.4, -0.2) is 52.9 Å². The molecule has 0 bridgehead atoms. The minimum Gasteiger partial charge on any atom is -0.420 e. The third-order valence-electron chi connectivity index (χ3n) is 6.90. The Balaban J connectivity index is 1.03. The zero-order valence-electron chi connectivity index (χ0n) is 19.6. The number of H-pyrrole nitrogens is 1. The maximum Gasteiger partial charge on any atom is 0.250 e. The van der Waals surface area contributed by atoms with Crippen LogP contribution in [0.4, 0.5) is 0 Å². The van der Waals surface area contributed by atoms with Gasteiger partial charge in [-0.3, -0.25) is 4.79 Å². The van der Waals surface area contributed by atoms with Crippen LogP contribution < -0.4 is 0 Å². The lowest BCUT2D eigenvalue weighted by Gasteiger charge is -2.24. The second-order valence-corrected chi connectivity index (χ2v) is 9.29. The average Bonchev–Trinajstić information content (AvgIpc) is 3.66. The molecule has 4 heterocycles. The largest absolute Gasteiger partial charge is 0.420 e. The van der Waals surface area contributed by atoms with Crippen LogP contribution in [0.25, 0.3) is 11.5 Å². The maximum atomic E-state index is 12.7. The summed E-state index contributed by atoms with van der Waals surface area (Å²) in [5, 5.41) is 18.9. The number of benzene rings is 1. The molecule has 6 rings (SSSR count). The van der Waals surface area contributed by atoms with Gasteiger partial charge in [0.15, 0.2) is 0 Å². The number of hydrogen-bond donors (Lipinski definition) is 1. The average molecular weight is 481 g/mol. The SMILES string of the molecule is C#Cc1ccc2c(c1)CC(CCc1ncc(-c3nnc(CC(=O)N4CCc5n[nH]nc5C4)o3)cn1)C2. The van der Waals surface area contributed by atoms with E-state index in [-0.39, 0.29) is 18.2 Å². The van der Waals surface area contributed by atoms with E-state index in [0.29, 0.717) is 36.9 Å². The summed E-state index contributed by atoms with van der Waals surface area (Å²) in [5.41, 5.74) is 6.04. The Kier molecular flexibility index (Phi) is 5.73. The Morgan fingerprint density at radius 1 is 1.14 bits per heavy atom. The van der Waals surface area contributed by atoms with E-state index in [0.717, 1.165) is 48.5 Å². The van der Waals surface area contributed by atoms with Crippen LogP contribution in [0.2, 0.25) is 0 Å². The molecule has 1 aliphatic heterocycles. The van der Waals surface area contributed by atoms with Gasteiger partial charge in [-0.15, -0.1) is 16.6 Å². The van der Waals surface area contributed by atoms with Crippen molar-refractivity contribution in [3.8, 4) is 23.8 Å². The molecule has 0 radical (unpaired) electrons. The van der Waals surface area contributed by atoms with E-state index in [1.54, 1.807) is 17.3 Å². The van der Waals surface area contributed by atoms with Gasteiger partial charge >= 0.3 is 0 Å². The van der Waals surface area contributed by atoms with Crippen molar-refractivity contribution in [2.75, 3.05) is 6.54 Å². The number of terminal acetylenes is 1. The van der Waals surface area contributed by atoms with E-state index in [4.69, 9.17) is 10.8 Å². The molecular weight excluding hydrogens is 456 g/mol. The first-order valence-corrected chi connectivity index (χ1v) is 12.0. The minimum absolute atomic E-state index is 0.0335. The van der Waals surface area contributed by atoms with E-state index >= 15 is 0 Å². The molecule has 2 aliphatic rings. The summed E-state index contributed by atoms with van der Waals surface area (Å²) in [6.45, 7) is 1.02. The lowest BCUT2D eigenvalue weighted by molar-refractivity contribution is -0.131. The van der Waals surface area contributed by atoms with Gasteiger partial charge in [0.1, 0.15) is 17.9 Å². The molecule has 0 saturated heterocycles. The summed E-state index contributed by atoms with van der Waals surface area (Å²) in [7, 11) is 0. The Labute approximate surface area is 207 Å². The fraction of sp³-hybridized carbons (Fsp3) is 0.346. The van der Waals surface area contributed by atoms with Crippen LogP contribution in [0.3, 0.4) is 0 Å². The van der Waals surface area contributed by atoms with E-state index < -0.39 is 0 Å². The third kappa shape index (κ3) is 4.47. The first-order chi connectivity index (χ1) is 17.6. The maximum absolute atomic E-state index is 12.7. The second kappa shape index (κ2) is 9.34. The molecule has 180 valence electrons. The molecular formula is C26H24N8O2. The third-order valence-corrected chi connectivity index (χ3v) is 6.90. The molecule has 1 aliphatic carbocycles. The number of aromatic amines is 1. The highest BCUT2D eigenvalue weighted by atomic mass is 16.4. The topological polar surface area (TPSA) is 127 Å². The number of aromatic nitrogens is 7. The summed E-state index contributed by atoms with van der Waals surface area (Å²) in [6, 6.07) is 6.30. The Bertz CT molecular complexity index is 1450. The Morgan fingerprint density at radius 3 is 2.83 bits per heavy atom. The van der Waals surface area contributed by atoms with Crippen LogP contribution in [0.5, 0.6) is 0 Å². The van der Waals surface area contributed by atoms with Gasteiger partial charge in [0.25, 0.3) is 5.89 Å². The van der Waals surface area contributed by atoms with Crippen molar-refractivity contribution in [2.24, 2.45) is 5.92 Å². The van der Waals surface area contributed by atoms with E-state index in [2.05, 4.69) is 53.6 Å². The summed E-state index contributed by atoms with van der Waals surface area (Å²) in [6.07, 6.45) is 13.6. The first kappa shape index (κ1) is 22.1. The minimum atomic E-state index is -0.0879. The second-order valence-electron chi connectivity index (χ2n) is 9.29. The van der Waals surface area contributed by atoms with Crippen molar-refractivity contribution in [3.05, 3.63) is 70.4 Å². The number of amides is 1. The summed E-state index contributed by atoms with van der Waals surface area (Å²) in [4.78, 5) is 23.4. The van der Waals surface area contributed by atoms with Crippen molar-refractivity contribution in [1.29, 1.82) is 0 Å². The van der Waals surface area contributed by atoms with Gasteiger partial charge in [-0.05, 0) is 48.4 Å². The zero-order chi connectivity index (χ0) is 24.5. The van der Waals surface area contributed by atoms with Crippen molar-refractivity contribution < 1.29 is 9.21 Å². The van der Waals surface area contributed by atoms with E-state index in [9.17, 15) is 4.79 Å². The number of hydrogen-bond acceptors (Lipinski definition) is 8. The molecule has 10 heteroatoms.